The highest BCUT2D eigenvalue weighted by molar-refractivity contribution is 7.92. The van der Waals surface area contributed by atoms with Gasteiger partial charge in [-0.1, -0.05) is 18.2 Å². The summed E-state index contributed by atoms with van der Waals surface area (Å²) in [4.78, 5) is 3.99. The average molecular weight is 277 g/mol. The van der Waals surface area contributed by atoms with Crippen molar-refractivity contribution in [3.63, 3.8) is 0 Å². The standard InChI is InChI=1S/C13H15N3O2S/c1-10-5-3-4-6-11(10)16-19(17,18)13-9-15-8-7-12(13)14-2/h3-9,16H,1-2H3,(H,14,15). The van der Waals surface area contributed by atoms with Crippen LogP contribution in [0.5, 0.6) is 0 Å². The van der Waals surface area contributed by atoms with Crippen LogP contribution in [0.1, 0.15) is 5.56 Å². The first-order valence-corrected chi connectivity index (χ1v) is 7.23. The van der Waals surface area contributed by atoms with E-state index in [2.05, 4.69) is 15.0 Å². The number of nitrogens with zero attached hydrogens (tertiary/aromatic N) is 1. The Kier molecular flexibility index (Phi) is 3.71. The van der Waals surface area contributed by atoms with Crippen molar-refractivity contribution in [2.45, 2.75) is 11.8 Å². The van der Waals surface area contributed by atoms with E-state index in [-0.39, 0.29) is 4.90 Å². The van der Waals surface area contributed by atoms with Gasteiger partial charge in [-0.15, -0.1) is 0 Å². The van der Waals surface area contributed by atoms with Gasteiger partial charge < -0.3 is 5.32 Å². The second-order valence-corrected chi connectivity index (χ2v) is 5.69. The number of anilines is 2. The Morgan fingerprint density at radius 1 is 1.11 bits per heavy atom. The van der Waals surface area contributed by atoms with Crippen LogP contribution in [0.2, 0.25) is 0 Å². The third kappa shape index (κ3) is 2.85. The van der Waals surface area contributed by atoms with Crippen molar-refractivity contribution in [3.8, 4) is 0 Å². The van der Waals surface area contributed by atoms with Gasteiger partial charge in [0.1, 0.15) is 4.90 Å². The van der Waals surface area contributed by atoms with Crippen LogP contribution >= 0.6 is 0 Å². The van der Waals surface area contributed by atoms with Gasteiger partial charge in [0.15, 0.2) is 0 Å². The maximum atomic E-state index is 12.3. The molecule has 1 aromatic carbocycles. The van der Waals surface area contributed by atoms with Crippen LogP contribution < -0.4 is 10.0 Å². The number of nitrogens with one attached hydrogen (secondary N) is 2. The molecule has 0 unspecified atom stereocenters. The molecule has 0 fully saturated rings. The molecule has 1 aromatic heterocycles. The fourth-order valence-electron chi connectivity index (χ4n) is 1.69. The second kappa shape index (κ2) is 5.27. The molecule has 0 aliphatic rings. The van der Waals surface area contributed by atoms with E-state index in [0.717, 1.165) is 5.56 Å². The van der Waals surface area contributed by atoms with E-state index in [1.807, 2.05) is 19.1 Å². The monoisotopic (exact) mass is 277 g/mol. The van der Waals surface area contributed by atoms with Crippen molar-refractivity contribution >= 4 is 21.4 Å². The third-order valence-corrected chi connectivity index (χ3v) is 4.13. The summed E-state index contributed by atoms with van der Waals surface area (Å²) in [7, 11) is -1.98. The van der Waals surface area contributed by atoms with Crippen molar-refractivity contribution in [1.82, 2.24) is 4.98 Å². The molecule has 5 nitrogen and oxygen atoms in total. The van der Waals surface area contributed by atoms with Crippen LogP contribution in [0.4, 0.5) is 11.4 Å². The van der Waals surface area contributed by atoms with E-state index < -0.39 is 10.0 Å². The Morgan fingerprint density at radius 3 is 2.53 bits per heavy atom. The normalized spacial score (nSPS) is 11.1. The van der Waals surface area contributed by atoms with Crippen LogP contribution in [-0.2, 0) is 10.0 Å². The van der Waals surface area contributed by atoms with E-state index in [1.165, 1.54) is 6.20 Å². The SMILES string of the molecule is CNc1ccncc1S(=O)(=O)Nc1ccccc1C. The quantitative estimate of drug-likeness (QED) is 0.899. The Labute approximate surface area is 112 Å². The lowest BCUT2D eigenvalue weighted by Crippen LogP contribution is -2.15. The Bertz CT molecular complexity index is 684. The summed E-state index contributed by atoms with van der Waals surface area (Å²) < 4.78 is 27.3. The van der Waals surface area contributed by atoms with E-state index >= 15 is 0 Å². The highest BCUT2D eigenvalue weighted by atomic mass is 32.2. The highest BCUT2D eigenvalue weighted by Crippen LogP contribution is 2.23. The molecule has 0 aliphatic heterocycles. The number of sulfonamides is 1. The Morgan fingerprint density at radius 2 is 1.84 bits per heavy atom. The summed E-state index contributed by atoms with van der Waals surface area (Å²) in [6.45, 7) is 1.85. The van der Waals surface area contributed by atoms with Gasteiger partial charge in [-0.3, -0.25) is 9.71 Å². The molecule has 0 radical (unpaired) electrons. The molecule has 0 saturated heterocycles. The number of hydrogen-bond acceptors (Lipinski definition) is 4. The summed E-state index contributed by atoms with van der Waals surface area (Å²) >= 11 is 0. The van der Waals surface area contributed by atoms with Gasteiger partial charge in [0, 0.05) is 19.4 Å². The number of para-hydroxylation sites is 1. The molecule has 0 aliphatic carbocycles. The van der Waals surface area contributed by atoms with Gasteiger partial charge >= 0.3 is 0 Å². The molecular formula is C13H15N3O2S. The van der Waals surface area contributed by atoms with E-state index in [1.54, 1.807) is 31.4 Å². The molecule has 0 spiro atoms. The second-order valence-electron chi connectivity index (χ2n) is 4.04. The zero-order valence-corrected chi connectivity index (χ0v) is 11.5. The third-order valence-electron chi connectivity index (χ3n) is 2.73. The fourth-order valence-corrected chi connectivity index (χ4v) is 2.98. The van der Waals surface area contributed by atoms with Crippen molar-refractivity contribution in [3.05, 3.63) is 48.3 Å². The summed E-state index contributed by atoms with van der Waals surface area (Å²) in [5.74, 6) is 0. The van der Waals surface area contributed by atoms with Crippen molar-refractivity contribution in [1.29, 1.82) is 0 Å². The predicted molar refractivity (Wildman–Crippen MR) is 75.8 cm³/mol. The Hall–Kier alpha value is -2.08. The first kappa shape index (κ1) is 13.4. The zero-order valence-electron chi connectivity index (χ0n) is 10.7. The minimum Gasteiger partial charge on any atom is -0.387 e. The molecule has 0 bridgehead atoms. The van der Waals surface area contributed by atoms with Crippen LogP contribution in [0, 0.1) is 6.92 Å². The number of hydrogen-bond donors (Lipinski definition) is 2. The number of benzene rings is 1. The Balaban J connectivity index is 2.41. The number of rotatable bonds is 4. The average Bonchev–Trinajstić information content (AvgIpc) is 2.41. The number of pyridine rings is 1. The van der Waals surface area contributed by atoms with Crippen LogP contribution in [0.15, 0.2) is 47.6 Å². The lowest BCUT2D eigenvalue weighted by molar-refractivity contribution is 0.601. The topological polar surface area (TPSA) is 71.1 Å². The largest absolute Gasteiger partial charge is 0.387 e. The molecule has 0 saturated carbocycles. The molecule has 0 atom stereocenters. The summed E-state index contributed by atoms with van der Waals surface area (Å²) in [5, 5.41) is 2.84. The summed E-state index contributed by atoms with van der Waals surface area (Å²) in [6.07, 6.45) is 2.87. The first-order valence-electron chi connectivity index (χ1n) is 5.75. The van der Waals surface area contributed by atoms with Crippen molar-refractivity contribution in [2.75, 3.05) is 17.1 Å². The minimum absolute atomic E-state index is 0.126. The van der Waals surface area contributed by atoms with Crippen LogP contribution in [0.3, 0.4) is 0 Å². The smallest absolute Gasteiger partial charge is 0.265 e. The molecule has 0 amide bonds. The molecule has 100 valence electrons. The maximum absolute atomic E-state index is 12.3. The van der Waals surface area contributed by atoms with Crippen molar-refractivity contribution in [2.24, 2.45) is 0 Å². The van der Waals surface area contributed by atoms with Crippen LogP contribution in [-0.4, -0.2) is 20.4 Å². The van der Waals surface area contributed by atoms with E-state index in [9.17, 15) is 8.42 Å². The van der Waals surface area contributed by atoms with E-state index in [0.29, 0.717) is 11.4 Å². The van der Waals surface area contributed by atoms with Gasteiger partial charge in [-0.05, 0) is 24.6 Å². The van der Waals surface area contributed by atoms with Crippen LogP contribution in [0.25, 0.3) is 0 Å². The van der Waals surface area contributed by atoms with Gasteiger partial charge in [0.05, 0.1) is 11.4 Å². The van der Waals surface area contributed by atoms with Gasteiger partial charge in [-0.2, -0.15) is 0 Å². The fraction of sp³-hybridized carbons (Fsp3) is 0.154. The summed E-state index contributed by atoms with van der Waals surface area (Å²) in [5.41, 5.74) is 1.94. The summed E-state index contributed by atoms with van der Waals surface area (Å²) in [6, 6.07) is 8.83. The molecule has 2 rings (SSSR count). The predicted octanol–water partition coefficient (Wildman–Crippen LogP) is 2.23. The van der Waals surface area contributed by atoms with Gasteiger partial charge in [0.25, 0.3) is 10.0 Å². The maximum Gasteiger partial charge on any atom is 0.265 e. The first-order chi connectivity index (χ1) is 9.04. The molecule has 2 aromatic rings. The minimum atomic E-state index is -3.65. The van der Waals surface area contributed by atoms with Crippen molar-refractivity contribution < 1.29 is 8.42 Å². The zero-order chi connectivity index (χ0) is 13.9. The molecule has 1 heterocycles. The van der Waals surface area contributed by atoms with Gasteiger partial charge in [0.2, 0.25) is 0 Å². The molecule has 6 heteroatoms. The molecule has 2 N–H and O–H groups in total. The molecule has 19 heavy (non-hydrogen) atoms. The lowest BCUT2D eigenvalue weighted by atomic mass is 10.2. The lowest BCUT2D eigenvalue weighted by Gasteiger charge is -2.12. The highest BCUT2D eigenvalue weighted by Gasteiger charge is 2.19. The number of aryl methyl sites for hydroxylation is 1. The van der Waals surface area contributed by atoms with E-state index in [4.69, 9.17) is 0 Å². The molecular weight excluding hydrogens is 262 g/mol. The van der Waals surface area contributed by atoms with Gasteiger partial charge in [-0.25, -0.2) is 8.42 Å². The number of aromatic nitrogens is 1.